The lowest BCUT2D eigenvalue weighted by molar-refractivity contribution is -0.136. The average molecular weight is 391 g/mol. The van der Waals surface area contributed by atoms with E-state index in [2.05, 4.69) is 5.92 Å². The first kappa shape index (κ1) is 19.7. The lowest BCUT2D eigenvalue weighted by atomic mass is 10.2. The maximum Gasteiger partial charge on any atom is 0.331 e. The van der Waals surface area contributed by atoms with Crippen LogP contribution in [0.1, 0.15) is 11.1 Å². The van der Waals surface area contributed by atoms with Crippen LogP contribution in [0.15, 0.2) is 42.5 Å². The van der Waals surface area contributed by atoms with Crippen LogP contribution < -0.4 is 9.47 Å². The fourth-order valence-corrected chi connectivity index (χ4v) is 2.53. The Morgan fingerprint density at radius 3 is 2.69 bits per heavy atom. The van der Waals surface area contributed by atoms with Gasteiger partial charge in [0.25, 0.3) is 0 Å². The van der Waals surface area contributed by atoms with Crippen molar-refractivity contribution in [3.05, 3.63) is 63.6 Å². The highest BCUT2D eigenvalue weighted by Gasteiger charge is 2.12. The number of esters is 1. The van der Waals surface area contributed by atoms with Crippen molar-refractivity contribution in [1.29, 1.82) is 0 Å². The van der Waals surface area contributed by atoms with Crippen LogP contribution in [0.4, 0.5) is 0 Å². The zero-order valence-electron chi connectivity index (χ0n) is 14.0. The quantitative estimate of drug-likeness (QED) is 0.388. The minimum atomic E-state index is -0.544. The summed E-state index contributed by atoms with van der Waals surface area (Å²) in [5, 5.41) is 0.945. The van der Waals surface area contributed by atoms with Crippen molar-refractivity contribution in [1.82, 2.24) is 0 Å². The largest absolute Gasteiger partial charge is 0.493 e. The molecule has 0 radical (unpaired) electrons. The van der Waals surface area contributed by atoms with Gasteiger partial charge in [0.1, 0.15) is 6.61 Å². The summed E-state index contributed by atoms with van der Waals surface area (Å²) in [4.78, 5) is 11.5. The summed E-state index contributed by atoms with van der Waals surface area (Å²) in [6.45, 7) is 0.158. The summed E-state index contributed by atoms with van der Waals surface area (Å²) in [6.07, 6.45) is 7.83. The fraction of sp³-hybridized carbons (Fsp3) is 0.150. The fourth-order valence-electron chi connectivity index (χ4n) is 2.07. The Hall–Kier alpha value is -2.61. The number of methoxy groups -OCH3 is 1. The monoisotopic (exact) mass is 390 g/mol. The molecule has 0 saturated carbocycles. The van der Waals surface area contributed by atoms with Crippen LogP contribution in [0.3, 0.4) is 0 Å². The van der Waals surface area contributed by atoms with Crippen LogP contribution in [-0.4, -0.2) is 19.7 Å². The van der Waals surface area contributed by atoms with Gasteiger partial charge in [-0.1, -0.05) is 47.3 Å². The molecule has 2 rings (SSSR count). The van der Waals surface area contributed by atoms with E-state index in [1.54, 1.807) is 24.3 Å². The third-order valence-electron chi connectivity index (χ3n) is 3.29. The van der Waals surface area contributed by atoms with E-state index >= 15 is 0 Å². The Morgan fingerprint density at radius 1 is 1.23 bits per heavy atom. The van der Waals surface area contributed by atoms with Crippen molar-refractivity contribution in [2.45, 2.75) is 6.61 Å². The lowest BCUT2D eigenvalue weighted by Gasteiger charge is -2.14. The molecule has 134 valence electrons. The van der Waals surface area contributed by atoms with E-state index in [1.165, 1.54) is 13.2 Å². The third kappa shape index (κ3) is 5.45. The minimum absolute atomic E-state index is 0.0813. The Morgan fingerprint density at radius 2 is 2.00 bits per heavy atom. The second-order valence-corrected chi connectivity index (χ2v) is 5.87. The highest BCUT2D eigenvalue weighted by molar-refractivity contribution is 6.32. The molecular formula is C20H16Cl2O4. The number of hydrogen-bond acceptors (Lipinski definition) is 4. The molecule has 0 fully saturated rings. The first-order chi connectivity index (χ1) is 12.5. The molecule has 0 amide bonds. The number of hydrogen-bond donors (Lipinski definition) is 0. The SMILES string of the molecule is C#CCOC(=O)/C=C/c1cc(Cl)c(OCc2ccccc2Cl)c(OC)c1. The maximum absolute atomic E-state index is 11.5. The standard InChI is InChI=1S/C20H16Cl2O4/c1-3-10-25-19(23)9-8-14-11-17(22)20(18(12-14)24-2)26-13-15-6-4-5-7-16(15)21/h1,4-9,11-12H,10,13H2,2H3/b9-8+. The Labute approximate surface area is 162 Å². The highest BCUT2D eigenvalue weighted by atomic mass is 35.5. The van der Waals surface area contributed by atoms with E-state index < -0.39 is 5.97 Å². The summed E-state index contributed by atoms with van der Waals surface area (Å²) in [7, 11) is 1.50. The molecule has 0 aromatic heterocycles. The van der Waals surface area contributed by atoms with Crippen LogP contribution in [0.5, 0.6) is 11.5 Å². The number of halogens is 2. The van der Waals surface area contributed by atoms with E-state index in [-0.39, 0.29) is 13.2 Å². The predicted octanol–water partition coefficient (Wildman–Crippen LogP) is 4.77. The molecule has 0 N–H and O–H groups in total. The number of benzene rings is 2. The predicted molar refractivity (Wildman–Crippen MR) is 103 cm³/mol. The van der Waals surface area contributed by atoms with Crippen LogP contribution in [0.2, 0.25) is 10.0 Å². The van der Waals surface area contributed by atoms with Gasteiger partial charge in [0, 0.05) is 16.7 Å². The summed E-state index contributed by atoms with van der Waals surface area (Å²) in [5.41, 5.74) is 1.47. The molecule has 2 aromatic carbocycles. The molecular weight excluding hydrogens is 375 g/mol. The van der Waals surface area contributed by atoms with Gasteiger partial charge in [-0.05, 0) is 29.8 Å². The number of carbonyl (C=O) groups excluding carboxylic acids is 1. The van der Waals surface area contributed by atoms with Gasteiger partial charge in [0.05, 0.1) is 12.1 Å². The normalized spacial score (nSPS) is 10.4. The van der Waals surface area contributed by atoms with Crippen LogP contribution in [0.25, 0.3) is 6.08 Å². The summed E-state index contributed by atoms with van der Waals surface area (Å²) < 4.78 is 15.9. The second-order valence-electron chi connectivity index (χ2n) is 5.06. The molecule has 0 bridgehead atoms. The lowest BCUT2D eigenvalue weighted by Crippen LogP contribution is -2.00. The number of ether oxygens (including phenoxy) is 3. The molecule has 6 heteroatoms. The summed E-state index contributed by atoms with van der Waals surface area (Å²) in [6, 6.07) is 10.7. The smallest absolute Gasteiger partial charge is 0.331 e. The molecule has 26 heavy (non-hydrogen) atoms. The Kier molecular flexibility index (Phi) is 7.40. The average Bonchev–Trinajstić information content (AvgIpc) is 2.64. The molecule has 0 aliphatic rings. The summed E-state index contributed by atoms with van der Waals surface area (Å²) in [5.74, 6) is 2.50. The molecule has 0 atom stereocenters. The van der Waals surface area contributed by atoms with E-state index in [4.69, 9.17) is 43.8 Å². The highest BCUT2D eigenvalue weighted by Crippen LogP contribution is 2.37. The van der Waals surface area contributed by atoms with Crippen LogP contribution in [-0.2, 0) is 16.1 Å². The van der Waals surface area contributed by atoms with Gasteiger partial charge < -0.3 is 14.2 Å². The van der Waals surface area contributed by atoms with E-state index in [0.29, 0.717) is 27.1 Å². The summed E-state index contributed by atoms with van der Waals surface area (Å²) >= 11 is 12.4. The van der Waals surface area contributed by atoms with Crippen molar-refractivity contribution >= 4 is 35.2 Å². The van der Waals surface area contributed by atoms with Gasteiger partial charge in [-0.25, -0.2) is 4.79 Å². The first-order valence-corrected chi connectivity index (χ1v) is 8.32. The van der Waals surface area contributed by atoms with Gasteiger partial charge in [-0.3, -0.25) is 0 Å². The molecule has 0 heterocycles. The zero-order chi connectivity index (χ0) is 18.9. The molecule has 0 aliphatic heterocycles. The van der Waals surface area contributed by atoms with Gasteiger partial charge in [-0.2, -0.15) is 0 Å². The van der Waals surface area contributed by atoms with E-state index in [1.807, 2.05) is 18.2 Å². The van der Waals surface area contributed by atoms with Crippen molar-refractivity contribution in [3.8, 4) is 23.8 Å². The van der Waals surface area contributed by atoms with Crippen LogP contribution >= 0.6 is 23.2 Å². The molecule has 0 saturated heterocycles. The Bertz CT molecular complexity index is 853. The maximum atomic E-state index is 11.5. The second kappa shape index (κ2) is 9.76. The van der Waals surface area contributed by atoms with Gasteiger partial charge in [-0.15, -0.1) is 6.42 Å². The van der Waals surface area contributed by atoms with Crippen molar-refractivity contribution in [3.63, 3.8) is 0 Å². The third-order valence-corrected chi connectivity index (χ3v) is 3.94. The van der Waals surface area contributed by atoms with Crippen LogP contribution in [0, 0.1) is 12.3 Å². The molecule has 0 spiro atoms. The van der Waals surface area contributed by atoms with Gasteiger partial charge in [0.2, 0.25) is 0 Å². The number of rotatable bonds is 7. The Balaban J connectivity index is 2.16. The number of terminal acetylenes is 1. The van der Waals surface area contributed by atoms with E-state index in [9.17, 15) is 4.79 Å². The van der Waals surface area contributed by atoms with E-state index in [0.717, 1.165) is 5.56 Å². The molecule has 2 aromatic rings. The van der Waals surface area contributed by atoms with Crippen molar-refractivity contribution in [2.24, 2.45) is 0 Å². The zero-order valence-corrected chi connectivity index (χ0v) is 15.5. The topological polar surface area (TPSA) is 44.8 Å². The van der Waals surface area contributed by atoms with Crippen molar-refractivity contribution < 1.29 is 19.0 Å². The first-order valence-electron chi connectivity index (χ1n) is 7.57. The molecule has 0 unspecified atom stereocenters. The van der Waals surface area contributed by atoms with Gasteiger partial charge >= 0.3 is 5.97 Å². The minimum Gasteiger partial charge on any atom is -0.493 e. The van der Waals surface area contributed by atoms with Gasteiger partial charge in [0.15, 0.2) is 18.1 Å². The molecule has 0 aliphatic carbocycles. The molecule has 4 nitrogen and oxygen atoms in total. The number of carbonyl (C=O) groups is 1. The van der Waals surface area contributed by atoms with Crippen molar-refractivity contribution in [2.75, 3.05) is 13.7 Å².